The zero-order chi connectivity index (χ0) is 23.1. The van der Waals surface area contributed by atoms with E-state index in [9.17, 15) is 24.8 Å². The summed E-state index contributed by atoms with van der Waals surface area (Å²) in [6, 6.07) is 11.2. The summed E-state index contributed by atoms with van der Waals surface area (Å²) in [5, 5.41) is 22.3. The van der Waals surface area contributed by atoms with Crippen LogP contribution in [0, 0.1) is 10.1 Å². The van der Waals surface area contributed by atoms with Gasteiger partial charge in [0.2, 0.25) is 0 Å². The number of fused-ring (bicyclic) bond motifs is 1. The molecule has 1 aliphatic heterocycles. The maximum absolute atomic E-state index is 13.1. The highest BCUT2D eigenvalue weighted by Crippen LogP contribution is 2.44. The van der Waals surface area contributed by atoms with Gasteiger partial charge >= 0.3 is 5.91 Å². The van der Waals surface area contributed by atoms with Crippen LogP contribution in [0.1, 0.15) is 17.3 Å². The van der Waals surface area contributed by atoms with Gasteiger partial charge in [0, 0.05) is 36.3 Å². The predicted octanol–water partition coefficient (Wildman–Crippen LogP) is 3.62. The van der Waals surface area contributed by atoms with Crippen molar-refractivity contribution in [3.05, 3.63) is 94.1 Å². The SMILES string of the molecule is O=C1C(=O)N(c2nc3ccc([N+](=O)[O-])cc3s2)C(c2ccccn2)/C1=C(\O)c1ccncc1. The van der Waals surface area contributed by atoms with E-state index in [4.69, 9.17) is 0 Å². The third-order valence-corrected chi connectivity index (χ3v) is 6.16. The highest BCUT2D eigenvalue weighted by atomic mass is 32.1. The fourth-order valence-electron chi connectivity index (χ4n) is 3.63. The highest BCUT2D eigenvalue weighted by Gasteiger charge is 2.48. The van der Waals surface area contributed by atoms with E-state index in [1.54, 1.807) is 18.2 Å². The van der Waals surface area contributed by atoms with E-state index in [-0.39, 0.29) is 22.2 Å². The number of benzene rings is 1. The molecule has 1 fully saturated rings. The number of aliphatic hydroxyl groups excluding tert-OH is 1. The zero-order valence-corrected chi connectivity index (χ0v) is 17.5. The van der Waals surface area contributed by atoms with Gasteiger partial charge in [-0.25, -0.2) is 4.98 Å². The number of nitro groups is 1. The van der Waals surface area contributed by atoms with Crippen molar-refractivity contribution in [2.75, 3.05) is 4.90 Å². The molecule has 1 aliphatic rings. The van der Waals surface area contributed by atoms with Gasteiger partial charge in [-0.15, -0.1) is 0 Å². The lowest BCUT2D eigenvalue weighted by molar-refractivity contribution is -0.384. The van der Waals surface area contributed by atoms with Crippen molar-refractivity contribution in [1.82, 2.24) is 15.0 Å². The summed E-state index contributed by atoms with van der Waals surface area (Å²) in [5.74, 6) is -2.12. The predicted molar refractivity (Wildman–Crippen MR) is 120 cm³/mol. The molecule has 4 aromatic rings. The van der Waals surface area contributed by atoms with E-state index in [1.807, 2.05) is 0 Å². The van der Waals surface area contributed by atoms with E-state index in [1.165, 1.54) is 53.8 Å². The van der Waals surface area contributed by atoms with Gasteiger partial charge in [-0.1, -0.05) is 17.4 Å². The third-order valence-electron chi connectivity index (χ3n) is 5.14. The third kappa shape index (κ3) is 3.40. The molecular weight excluding hydrogens is 446 g/mol. The number of carbonyl (C=O) groups excluding carboxylic acids is 2. The first-order chi connectivity index (χ1) is 16.0. The molecule has 1 aromatic carbocycles. The van der Waals surface area contributed by atoms with E-state index in [0.717, 1.165) is 11.3 Å². The number of pyridine rings is 2. The van der Waals surface area contributed by atoms with Crippen LogP contribution < -0.4 is 4.90 Å². The summed E-state index contributed by atoms with van der Waals surface area (Å²) in [7, 11) is 0. The quantitative estimate of drug-likeness (QED) is 0.160. The molecule has 0 bridgehead atoms. The van der Waals surface area contributed by atoms with Crippen LogP contribution in [0.4, 0.5) is 10.8 Å². The van der Waals surface area contributed by atoms with Crippen LogP contribution in [0.2, 0.25) is 0 Å². The standard InChI is InChI=1S/C22H13N5O5S/c28-19(12-6-9-23-10-7-12)17-18(15-3-1-2-8-24-15)26(21(30)20(17)29)22-25-14-5-4-13(27(31)32)11-16(14)33-22/h1-11,18,28H/b19-17+. The molecule has 5 rings (SSSR count). The van der Waals surface area contributed by atoms with Crippen LogP contribution in [0.3, 0.4) is 0 Å². The fourth-order valence-corrected chi connectivity index (χ4v) is 4.66. The number of carbonyl (C=O) groups is 2. The first kappa shape index (κ1) is 20.4. The molecular formula is C22H13N5O5S. The van der Waals surface area contributed by atoms with Crippen molar-refractivity contribution in [3.63, 3.8) is 0 Å². The number of aromatic nitrogens is 3. The molecule has 0 saturated carbocycles. The second kappa shape index (κ2) is 7.88. The Kier molecular flexibility index (Phi) is 4.87. The van der Waals surface area contributed by atoms with E-state index < -0.39 is 22.7 Å². The van der Waals surface area contributed by atoms with Gasteiger partial charge in [0.15, 0.2) is 5.13 Å². The molecule has 10 nitrogen and oxygen atoms in total. The van der Waals surface area contributed by atoms with Crippen LogP contribution in [0.25, 0.3) is 16.0 Å². The maximum Gasteiger partial charge on any atom is 0.301 e. The van der Waals surface area contributed by atoms with Gasteiger partial charge < -0.3 is 5.11 Å². The number of aliphatic hydroxyl groups is 1. The lowest BCUT2D eigenvalue weighted by Crippen LogP contribution is -2.29. The average molecular weight is 459 g/mol. The van der Waals surface area contributed by atoms with Crippen LogP contribution in [-0.4, -0.2) is 36.7 Å². The fraction of sp³-hybridized carbons (Fsp3) is 0.0455. The molecule has 162 valence electrons. The van der Waals surface area contributed by atoms with Crippen molar-refractivity contribution in [3.8, 4) is 0 Å². The Morgan fingerprint density at radius 2 is 1.88 bits per heavy atom. The number of non-ortho nitro benzene ring substituents is 1. The molecule has 1 N–H and O–H groups in total. The Morgan fingerprint density at radius 1 is 1.09 bits per heavy atom. The molecule has 1 saturated heterocycles. The monoisotopic (exact) mass is 459 g/mol. The summed E-state index contributed by atoms with van der Waals surface area (Å²) < 4.78 is 0.481. The summed E-state index contributed by atoms with van der Waals surface area (Å²) in [6.45, 7) is 0. The average Bonchev–Trinajstić information content (AvgIpc) is 3.37. The molecule has 0 radical (unpaired) electrons. The number of hydrogen-bond donors (Lipinski definition) is 1. The minimum atomic E-state index is -1.03. The van der Waals surface area contributed by atoms with Crippen LogP contribution in [0.15, 0.2) is 72.7 Å². The lowest BCUT2D eigenvalue weighted by Gasteiger charge is -2.21. The molecule has 0 aliphatic carbocycles. The number of nitrogens with zero attached hydrogens (tertiary/aromatic N) is 5. The zero-order valence-electron chi connectivity index (χ0n) is 16.7. The van der Waals surface area contributed by atoms with Crippen molar-refractivity contribution in [2.45, 2.75) is 6.04 Å². The summed E-state index contributed by atoms with van der Waals surface area (Å²) >= 11 is 1.04. The van der Waals surface area contributed by atoms with Gasteiger partial charge in [0.1, 0.15) is 11.8 Å². The second-order valence-corrected chi connectivity index (χ2v) is 8.07. The first-order valence-electron chi connectivity index (χ1n) is 9.63. The Balaban J connectivity index is 1.71. The van der Waals surface area contributed by atoms with Gasteiger partial charge in [-0.3, -0.25) is 34.6 Å². The Labute approximate surface area is 189 Å². The molecule has 11 heteroatoms. The van der Waals surface area contributed by atoms with Crippen molar-refractivity contribution in [1.29, 1.82) is 0 Å². The number of rotatable bonds is 4. The van der Waals surface area contributed by atoms with E-state index in [0.29, 0.717) is 21.5 Å². The maximum atomic E-state index is 13.1. The molecule has 1 unspecified atom stereocenters. The Bertz CT molecular complexity index is 1450. The molecule has 0 spiro atoms. The Morgan fingerprint density at radius 3 is 2.58 bits per heavy atom. The van der Waals surface area contributed by atoms with Gasteiger partial charge in [-0.2, -0.15) is 0 Å². The summed E-state index contributed by atoms with van der Waals surface area (Å²) in [4.78, 5) is 50.6. The smallest absolute Gasteiger partial charge is 0.301 e. The number of ketones is 1. The first-order valence-corrected chi connectivity index (χ1v) is 10.4. The van der Waals surface area contributed by atoms with Crippen molar-refractivity contribution < 1.29 is 19.6 Å². The van der Waals surface area contributed by atoms with Crippen LogP contribution >= 0.6 is 11.3 Å². The molecule has 1 amide bonds. The summed E-state index contributed by atoms with van der Waals surface area (Å²) in [5.41, 5.74) is 0.881. The largest absolute Gasteiger partial charge is 0.507 e. The number of nitro benzene ring substituents is 1. The van der Waals surface area contributed by atoms with Crippen LogP contribution in [0.5, 0.6) is 0 Å². The number of Topliss-reactive ketones (excluding diaryl/α,β-unsaturated/α-hetero) is 1. The molecule has 1 atom stereocenters. The minimum Gasteiger partial charge on any atom is -0.507 e. The van der Waals surface area contributed by atoms with Gasteiger partial charge in [0.05, 0.1) is 26.4 Å². The Hall–Kier alpha value is -4.51. The number of thiazole rings is 1. The van der Waals surface area contributed by atoms with Crippen LogP contribution in [-0.2, 0) is 9.59 Å². The van der Waals surface area contributed by atoms with Crippen molar-refractivity contribution >= 4 is 49.8 Å². The minimum absolute atomic E-state index is 0.112. The van der Waals surface area contributed by atoms with Crippen molar-refractivity contribution in [2.24, 2.45) is 0 Å². The number of anilines is 1. The van der Waals surface area contributed by atoms with Gasteiger partial charge in [-0.05, 0) is 30.3 Å². The molecule has 3 aromatic heterocycles. The number of amides is 1. The summed E-state index contributed by atoms with van der Waals surface area (Å²) in [6.07, 6.45) is 4.44. The lowest BCUT2D eigenvalue weighted by atomic mass is 9.99. The van der Waals surface area contributed by atoms with E-state index >= 15 is 0 Å². The second-order valence-electron chi connectivity index (χ2n) is 7.07. The number of hydrogen-bond acceptors (Lipinski definition) is 9. The normalized spacial score (nSPS) is 17.6. The highest BCUT2D eigenvalue weighted by molar-refractivity contribution is 7.22. The molecule has 33 heavy (non-hydrogen) atoms. The van der Waals surface area contributed by atoms with Gasteiger partial charge in [0.25, 0.3) is 11.5 Å². The topological polar surface area (TPSA) is 139 Å². The molecule has 4 heterocycles. The van der Waals surface area contributed by atoms with E-state index in [2.05, 4.69) is 15.0 Å².